The molecule has 4 N–H and O–H groups in total. The number of benzene rings is 2. The van der Waals surface area contributed by atoms with Gasteiger partial charge in [0.1, 0.15) is 11.5 Å². The third-order valence-corrected chi connectivity index (χ3v) is 9.38. The highest BCUT2D eigenvalue weighted by atomic mass is 32.2. The smallest absolute Gasteiger partial charge is 0.124 e. The van der Waals surface area contributed by atoms with Crippen molar-refractivity contribution in [3.8, 4) is 11.5 Å². The molecule has 1 heterocycles. The number of thioether (sulfide) groups is 2. The zero-order valence-corrected chi connectivity index (χ0v) is 26.5. The summed E-state index contributed by atoms with van der Waals surface area (Å²) in [6.07, 6.45) is 1.10. The fourth-order valence-electron chi connectivity index (χ4n) is 4.64. The standard InChI is InChI=1S/C32H50N2O2S2/c1-30(2,3)26-12-22-16-33-20-32(7,8)21-34-17-23-13-27(31(4,5)6)15-25(29(23)36)19-38-11-9-10-37-18-24(14-26)28(22)35/h12-15,33-36H,9-11,16-21H2,1-8H3. The Labute approximate surface area is 240 Å². The maximum Gasteiger partial charge on any atom is 0.124 e. The highest BCUT2D eigenvalue weighted by molar-refractivity contribution is 7.99. The van der Waals surface area contributed by atoms with Gasteiger partial charge in [-0.25, -0.2) is 0 Å². The van der Waals surface area contributed by atoms with E-state index >= 15 is 0 Å². The number of fused-ring (bicyclic) bond motifs is 4. The normalized spacial score (nSPS) is 18.6. The molecule has 0 spiro atoms. The highest BCUT2D eigenvalue weighted by Gasteiger charge is 2.22. The lowest BCUT2D eigenvalue weighted by atomic mass is 9.84. The lowest BCUT2D eigenvalue weighted by Gasteiger charge is -2.27. The van der Waals surface area contributed by atoms with Crippen LogP contribution in [-0.2, 0) is 35.4 Å². The van der Waals surface area contributed by atoms with Crippen LogP contribution in [0.25, 0.3) is 0 Å². The molecule has 4 bridgehead atoms. The average Bonchev–Trinajstić information content (AvgIpc) is 2.80. The number of hydrogen-bond acceptors (Lipinski definition) is 6. The van der Waals surface area contributed by atoms with Gasteiger partial charge in [-0.2, -0.15) is 23.5 Å². The minimum atomic E-state index is 0.00666. The van der Waals surface area contributed by atoms with Gasteiger partial charge in [-0.05, 0) is 45.3 Å². The predicted octanol–water partition coefficient (Wildman–Crippen LogP) is 7.47. The van der Waals surface area contributed by atoms with Crippen LogP contribution in [0.5, 0.6) is 11.5 Å². The van der Waals surface area contributed by atoms with Gasteiger partial charge in [0.05, 0.1) is 0 Å². The van der Waals surface area contributed by atoms with Gasteiger partial charge in [0.2, 0.25) is 0 Å². The van der Waals surface area contributed by atoms with Crippen molar-refractivity contribution >= 4 is 23.5 Å². The predicted molar refractivity (Wildman–Crippen MR) is 168 cm³/mol. The van der Waals surface area contributed by atoms with E-state index in [0.717, 1.165) is 64.8 Å². The van der Waals surface area contributed by atoms with Gasteiger partial charge < -0.3 is 20.8 Å². The van der Waals surface area contributed by atoms with Crippen LogP contribution in [0.3, 0.4) is 0 Å². The molecular formula is C32H50N2O2S2. The first-order chi connectivity index (χ1) is 17.7. The van der Waals surface area contributed by atoms with Crippen molar-refractivity contribution in [2.45, 2.75) is 97.2 Å². The van der Waals surface area contributed by atoms with Gasteiger partial charge in [0, 0.05) is 59.9 Å². The SMILES string of the molecule is CC1(C)CNCc2cc(C(C)(C)C)cc(c2O)CSCCCSCc2cc(C(C)(C)C)cc(c2O)CNC1. The van der Waals surface area contributed by atoms with Gasteiger partial charge in [0.25, 0.3) is 0 Å². The highest BCUT2D eigenvalue weighted by Crippen LogP contribution is 2.35. The molecule has 0 amide bonds. The van der Waals surface area contributed by atoms with Crippen molar-refractivity contribution in [1.29, 1.82) is 0 Å². The van der Waals surface area contributed by atoms with E-state index in [1.54, 1.807) is 0 Å². The van der Waals surface area contributed by atoms with E-state index in [1.807, 2.05) is 23.5 Å². The number of nitrogens with one attached hydrogen (secondary N) is 2. The van der Waals surface area contributed by atoms with Gasteiger partial charge in [-0.3, -0.25) is 0 Å². The minimum Gasteiger partial charge on any atom is -0.507 e. The zero-order chi connectivity index (χ0) is 28.1. The minimum absolute atomic E-state index is 0.00666. The quantitative estimate of drug-likeness (QED) is 0.269. The lowest BCUT2D eigenvalue weighted by molar-refractivity contribution is 0.317. The molecule has 2 aromatic rings. The van der Waals surface area contributed by atoms with Crippen LogP contribution in [0.4, 0.5) is 0 Å². The average molecular weight is 559 g/mol. The Bertz CT molecular complexity index is 1000. The number of phenols is 2. The van der Waals surface area contributed by atoms with Crippen molar-refractivity contribution in [2.24, 2.45) is 5.41 Å². The van der Waals surface area contributed by atoms with E-state index in [2.05, 4.69) is 90.3 Å². The number of phenolic OH excluding ortho intramolecular Hbond substituents is 2. The Morgan fingerprint density at radius 2 is 1.03 bits per heavy atom. The molecule has 0 saturated carbocycles. The summed E-state index contributed by atoms with van der Waals surface area (Å²) in [6.45, 7) is 20.8. The summed E-state index contributed by atoms with van der Waals surface area (Å²) in [4.78, 5) is 0. The molecule has 6 heteroatoms. The van der Waals surface area contributed by atoms with Gasteiger partial charge in [-0.15, -0.1) is 0 Å². The molecule has 0 radical (unpaired) electrons. The van der Waals surface area contributed by atoms with Crippen LogP contribution in [0, 0.1) is 5.41 Å². The molecular weight excluding hydrogens is 508 g/mol. The third kappa shape index (κ3) is 8.84. The van der Waals surface area contributed by atoms with E-state index in [4.69, 9.17) is 0 Å². The first-order valence-electron chi connectivity index (χ1n) is 13.9. The third-order valence-electron chi connectivity index (χ3n) is 7.20. The summed E-state index contributed by atoms with van der Waals surface area (Å²) >= 11 is 3.79. The van der Waals surface area contributed by atoms with E-state index in [0.29, 0.717) is 24.6 Å². The molecule has 0 saturated heterocycles. The molecule has 0 atom stereocenters. The molecule has 2 aromatic carbocycles. The second-order valence-electron chi connectivity index (χ2n) is 13.6. The Balaban J connectivity index is 1.83. The van der Waals surface area contributed by atoms with Gasteiger partial charge in [-0.1, -0.05) is 79.7 Å². The second-order valence-corrected chi connectivity index (χ2v) is 15.8. The Kier molecular flexibility index (Phi) is 10.6. The number of rotatable bonds is 0. The molecule has 212 valence electrons. The van der Waals surface area contributed by atoms with E-state index < -0.39 is 0 Å². The largest absolute Gasteiger partial charge is 0.507 e. The first kappa shape index (κ1) is 31.2. The van der Waals surface area contributed by atoms with Crippen molar-refractivity contribution in [3.63, 3.8) is 0 Å². The molecule has 38 heavy (non-hydrogen) atoms. The van der Waals surface area contributed by atoms with E-state index in [9.17, 15) is 10.2 Å². The fraction of sp³-hybridized carbons (Fsp3) is 0.625. The van der Waals surface area contributed by atoms with Crippen molar-refractivity contribution in [2.75, 3.05) is 24.6 Å². The summed E-state index contributed by atoms with van der Waals surface area (Å²) < 4.78 is 0. The van der Waals surface area contributed by atoms with Crippen molar-refractivity contribution in [1.82, 2.24) is 10.6 Å². The maximum absolute atomic E-state index is 11.1. The monoisotopic (exact) mass is 558 g/mol. The molecule has 0 unspecified atom stereocenters. The number of aromatic hydroxyl groups is 2. The molecule has 4 nitrogen and oxygen atoms in total. The molecule has 1 aliphatic rings. The Morgan fingerprint density at radius 3 is 1.39 bits per heavy atom. The molecule has 0 aliphatic carbocycles. The van der Waals surface area contributed by atoms with Crippen LogP contribution < -0.4 is 10.6 Å². The second kappa shape index (κ2) is 12.9. The van der Waals surface area contributed by atoms with Gasteiger partial charge >= 0.3 is 0 Å². The van der Waals surface area contributed by atoms with E-state index in [-0.39, 0.29) is 16.2 Å². The fourth-order valence-corrected chi connectivity index (χ4v) is 6.68. The van der Waals surface area contributed by atoms with Crippen molar-refractivity contribution in [3.05, 3.63) is 57.6 Å². The molecule has 0 fully saturated rings. The topological polar surface area (TPSA) is 64.5 Å². The van der Waals surface area contributed by atoms with Crippen LogP contribution >= 0.6 is 23.5 Å². The van der Waals surface area contributed by atoms with Crippen LogP contribution in [0.1, 0.15) is 95.2 Å². The summed E-state index contributed by atoms with van der Waals surface area (Å²) in [5.74, 6) is 4.64. The van der Waals surface area contributed by atoms with Crippen LogP contribution in [0.15, 0.2) is 24.3 Å². The molecule has 0 aromatic heterocycles. The summed E-state index contributed by atoms with van der Waals surface area (Å²) in [5, 5.41) is 29.5. The Hall–Kier alpha value is -1.34. The first-order valence-corrected chi connectivity index (χ1v) is 16.3. The molecule has 1 aliphatic heterocycles. The summed E-state index contributed by atoms with van der Waals surface area (Å²) in [5.41, 5.74) is 6.67. The zero-order valence-electron chi connectivity index (χ0n) is 24.9. The van der Waals surface area contributed by atoms with E-state index in [1.165, 1.54) is 11.1 Å². The number of hydrogen-bond donors (Lipinski definition) is 4. The maximum atomic E-state index is 11.1. The van der Waals surface area contributed by atoms with Crippen molar-refractivity contribution < 1.29 is 10.2 Å². The Morgan fingerprint density at radius 1 is 0.658 bits per heavy atom. The van der Waals surface area contributed by atoms with Gasteiger partial charge in [0.15, 0.2) is 0 Å². The van der Waals surface area contributed by atoms with Crippen LogP contribution in [-0.4, -0.2) is 34.8 Å². The lowest BCUT2D eigenvalue weighted by Crippen LogP contribution is -2.37. The summed E-state index contributed by atoms with van der Waals surface area (Å²) in [6, 6.07) is 8.74. The van der Waals surface area contributed by atoms with Crippen LogP contribution in [0.2, 0.25) is 0 Å². The summed E-state index contributed by atoms with van der Waals surface area (Å²) in [7, 11) is 0. The molecule has 3 rings (SSSR count).